The van der Waals surface area contributed by atoms with Crippen molar-refractivity contribution in [1.82, 2.24) is 4.98 Å². The Labute approximate surface area is 158 Å². The van der Waals surface area contributed by atoms with E-state index in [-0.39, 0.29) is 34.9 Å². The molecule has 0 aliphatic carbocycles. The van der Waals surface area contributed by atoms with Crippen LogP contribution in [-0.4, -0.2) is 10.8 Å². The average molecular weight is 423 g/mol. The normalized spacial score (nSPS) is 10.9. The van der Waals surface area contributed by atoms with Crippen LogP contribution >= 0.6 is 0 Å². The largest absolute Gasteiger partial charge is 1.00 e. The Bertz CT molecular complexity index is 881. The standard InChI is InChI=1S/C19H14F3N2O.BrH/c20-19(21,22)15-9-7-14(8-10-15)18(25)13-24-12-4-2-6-17(24)16-5-1-3-11-23-16;/h1-12H,13H2;1H/q+1;/p-1. The summed E-state index contributed by atoms with van der Waals surface area (Å²) in [5.74, 6) is -0.276. The van der Waals surface area contributed by atoms with E-state index in [1.54, 1.807) is 29.1 Å². The number of aromatic nitrogens is 2. The third kappa shape index (κ3) is 4.54. The molecule has 0 atom stereocenters. The highest BCUT2D eigenvalue weighted by atomic mass is 79.9. The quantitative estimate of drug-likeness (QED) is 0.463. The van der Waals surface area contributed by atoms with Crippen molar-refractivity contribution in [3.05, 3.63) is 84.2 Å². The molecule has 134 valence electrons. The van der Waals surface area contributed by atoms with Crippen LogP contribution in [0.3, 0.4) is 0 Å². The smallest absolute Gasteiger partial charge is 0.416 e. The van der Waals surface area contributed by atoms with Crippen LogP contribution in [0.4, 0.5) is 13.2 Å². The molecule has 0 N–H and O–H groups in total. The van der Waals surface area contributed by atoms with Gasteiger partial charge in [0.15, 0.2) is 6.20 Å². The van der Waals surface area contributed by atoms with Crippen LogP contribution in [0.15, 0.2) is 73.1 Å². The molecule has 3 nitrogen and oxygen atoms in total. The Morgan fingerprint density at radius 3 is 2.27 bits per heavy atom. The van der Waals surface area contributed by atoms with E-state index < -0.39 is 11.7 Å². The molecule has 26 heavy (non-hydrogen) atoms. The van der Waals surface area contributed by atoms with Crippen molar-refractivity contribution in [3.63, 3.8) is 0 Å². The van der Waals surface area contributed by atoms with Gasteiger partial charge in [-0.25, -0.2) is 4.98 Å². The van der Waals surface area contributed by atoms with Crippen LogP contribution in [0.2, 0.25) is 0 Å². The number of halogens is 4. The number of hydrogen-bond acceptors (Lipinski definition) is 2. The maximum absolute atomic E-state index is 12.6. The molecule has 3 rings (SSSR count). The summed E-state index contributed by atoms with van der Waals surface area (Å²) < 4.78 is 39.6. The third-order valence-electron chi connectivity index (χ3n) is 3.72. The summed E-state index contributed by atoms with van der Waals surface area (Å²) in [7, 11) is 0. The number of alkyl halides is 3. The van der Waals surface area contributed by atoms with Gasteiger partial charge < -0.3 is 17.0 Å². The van der Waals surface area contributed by atoms with Crippen molar-refractivity contribution in [2.75, 3.05) is 0 Å². The minimum Gasteiger partial charge on any atom is -1.00 e. The van der Waals surface area contributed by atoms with Crippen LogP contribution in [0.1, 0.15) is 15.9 Å². The first-order valence-electron chi connectivity index (χ1n) is 7.55. The van der Waals surface area contributed by atoms with Crippen molar-refractivity contribution in [3.8, 4) is 11.4 Å². The number of ketones is 1. The van der Waals surface area contributed by atoms with Crippen LogP contribution in [-0.2, 0) is 12.7 Å². The van der Waals surface area contributed by atoms with E-state index in [9.17, 15) is 18.0 Å². The fourth-order valence-electron chi connectivity index (χ4n) is 2.45. The summed E-state index contributed by atoms with van der Waals surface area (Å²) in [6.45, 7) is 0.0120. The predicted molar refractivity (Wildman–Crippen MR) is 85.6 cm³/mol. The van der Waals surface area contributed by atoms with Gasteiger partial charge in [0, 0.05) is 23.9 Å². The molecule has 0 spiro atoms. The first-order valence-corrected chi connectivity index (χ1v) is 7.55. The molecular weight excluding hydrogens is 409 g/mol. The molecule has 0 aliphatic heterocycles. The first kappa shape index (κ1) is 19.8. The number of carbonyl (C=O) groups is 1. The zero-order valence-corrected chi connectivity index (χ0v) is 15.0. The second-order valence-electron chi connectivity index (χ2n) is 5.43. The Hall–Kier alpha value is -2.54. The number of nitrogens with zero attached hydrogens (tertiary/aromatic N) is 2. The second kappa shape index (κ2) is 8.23. The van der Waals surface area contributed by atoms with Gasteiger partial charge in [-0.3, -0.25) is 4.79 Å². The van der Waals surface area contributed by atoms with Gasteiger partial charge in [0.25, 0.3) is 0 Å². The van der Waals surface area contributed by atoms with Gasteiger partial charge in [-0.05, 0) is 30.3 Å². The van der Waals surface area contributed by atoms with Crippen molar-refractivity contribution in [2.45, 2.75) is 12.7 Å². The minimum absolute atomic E-state index is 0. The maximum Gasteiger partial charge on any atom is 0.416 e. The first-order chi connectivity index (χ1) is 11.9. The summed E-state index contributed by atoms with van der Waals surface area (Å²) in [5, 5.41) is 0. The Balaban J connectivity index is 0.00000243. The number of pyridine rings is 2. The molecule has 0 fully saturated rings. The monoisotopic (exact) mass is 422 g/mol. The molecule has 1 aromatic carbocycles. The second-order valence-corrected chi connectivity index (χ2v) is 5.43. The third-order valence-corrected chi connectivity index (χ3v) is 3.72. The summed E-state index contributed by atoms with van der Waals surface area (Å²) >= 11 is 0. The molecule has 0 unspecified atom stereocenters. The lowest BCUT2D eigenvalue weighted by atomic mass is 10.1. The number of hydrogen-bond donors (Lipinski definition) is 0. The Kier molecular flexibility index (Phi) is 6.26. The van der Waals surface area contributed by atoms with Gasteiger partial charge in [0.05, 0.1) is 5.56 Å². The van der Waals surface area contributed by atoms with E-state index in [1.807, 2.05) is 24.3 Å². The van der Waals surface area contributed by atoms with Crippen molar-refractivity contribution in [1.29, 1.82) is 0 Å². The van der Waals surface area contributed by atoms with E-state index in [2.05, 4.69) is 4.98 Å². The van der Waals surface area contributed by atoms with Crippen LogP contribution < -0.4 is 21.5 Å². The minimum atomic E-state index is -4.41. The SMILES string of the molecule is O=C(C[n+]1ccccc1-c1ccccn1)c1ccc(C(F)(F)F)cc1.[Br-]. The summed E-state index contributed by atoms with van der Waals surface area (Å²) in [6.07, 6.45) is -1.02. The summed E-state index contributed by atoms with van der Waals surface area (Å²) in [5.41, 5.74) is 0.925. The van der Waals surface area contributed by atoms with Gasteiger partial charge in [-0.2, -0.15) is 17.7 Å². The van der Waals surface area contributed by atoms with Crippen LogP contribution in [0.25, 0.3) is 11.4 Å². The van der Waals surface area contributed by atoms with Gasteiger partial charge >= 0.3 is 6.18 Å². The lowest BCUT2D eigenvalue weighted by Gasteiger charge is -2.07. The molecule has 2 aromatic heterocycles. The van der Waals surface area contributed by atoms with E-state index >= 15 is 0 Å². The number of Topliss-reactive ketones (excluding diaryl/α,β-unsaturated/α-hetero) is 1. The molecular formula is C19H14BrF3N2O. The summed E-state index contributed by atoms with van der Waals surface area (Å²) in [4.78, 5) is 16.7. The molecule has 7 heteroatoms. The molecule has 0 saturated heterocycles. The lowest BCUT2D eigenvalue weighted by molar-refractivity contribution is -0.672. The Morgan fingerprint density at radius 1 is 0.962 bits per heavy atom. The zero-order valence-electron chi connectivity index (χ0n) is 13.4. The van der Waals surface area contributed by atoms with Gasteiger partial charge in [0.1, 0.15) is 5.69 Å². The number of benzene rings is 1. The molecule has 0 aliphatic rings. The van der Waals surface area contributed by atoms with Crippen molar-refractivity contribution < 1.29 is 39.5 Å². The molecule has 0 amide bonds. The fraction of sp³-hybridized carbons (Fsp3) is 0.105. The van der Waals surface area contributed by atoms with E-state index in [4.69, 9.17) is 0 Å². The summed E-state index contributed by atoms with van der Waals surface area (Å²) in [6, 6.07) is 15.2. The fourth-order valence-corrected chi connectivity index (χ4v) is 2.45. The van der Waals surface area contributed by atoms with Crippen LogP contribution in [0.5, 0.6) is 0 Å². The number of carbonyl (C=O) groups excluding carboxylic acids is 1. The predicted octanol–water partition coefficient (Wildman–Crippen LogP) is 0.942. The molecule has 0 radical (unpaired) electrons. The van der Waals surface area contributed by atoms with Gasteiger partial charge in [0.2, 0.25) is 18.0 Å². The van der Waals surface area contributed by atoms with E-state index in [1.165, 1.54) is 12.1 Å². The van der Waals surface area contributed by atoms with Crippen molar-refractivity contribution >= 4 is 5.78 Å². The van der Waals surface area contributed by atoms with Gasteiger partial charge in [-0.1, -0.05) is 18.2 Å². The van der Waals surface area contributed by atoms with Crippen molar-refractivity contribution in [2.24, 2.45) is 0 Å². The highest BCUT2D eigenvalue weighted by Crippen LogP contribution is 2.29. The highest BCUT2D eigenvalue weighted by molar-refractivity contribution is 5.95. The molecule has 3 aromatic rings. The average Bonchev–Trinajstić information content (AvgIpc) is 2.62. The van der Waals surface area contributed by atoms with Crippen LogP contribution in [0, 0.1) is 0 Å². The maximum atomic E-state index is 12.6. The topological polar surface area (TPSA) is 33.8 Å². The lowest BCUT2D eigenvalue weighted by Crippen LogP contribution is -3.00. The number of rotatable bonds is 4. The van der Waals surface area contributed by atoms with E-state index in [0.29, 0.717) is 5.69 Å². The highest BCUT2D eigenvalue weighted by Gasteiger charge is 2.30. The van der Waals surface area contributed by atoms with Gasteiger partial charge in [-0.15, -0.1) is 0 Å². The molecule has 0 saturated carbocycles. The van der Waals surface area contributed by atoms with E-state index in [0.717, 1.165) is 17.8 Å². The Morgan fingerprint density at radius 2 is 1.65 bits per heavy atom. The zero-order chi connectivity index (χ0) is 17.9. The molecule has 2 heterocycles. The molecule has 0 bridgehead atoms.